The summed E-state index contributed by atoms with van der Waals surface area (Å²) in [6.45, 7) is 0. The second-order valence-electron chi connectivity index (χ2n) is 5.99. The molecule has 0 heterocycles. The Labute approximate surface area is 98.4 Å². The normalized spacial score (nSPS) is 25.8. The molecule has 2 saturated carbocycles. The first kappa shape index (κ1) is 11.9. The number of hydrogen-bond donors (Lipinski definition) is 1. The van der Waals surface area contributed by atoms with Crippen molar-refractivity contribution < 1.29 is 9.90 Å². The molecule has 0 atom stereocenters. The van der Waals surface area contributed by atoms with Crippen molar-refractivity contribution in [3.63, 3.8) is 0 Å². The second kappa shape index (κ2) is 5.20. The average Bonchev–Trinajstić information content (AvgIpc) is 2.70. The van der Waals surface area contributed by atoms with Gasteiger partial charge in [0.25, 0.3) is 0 Å². The molecule has 0 bridgehead atoms. The van der Waals surface area contributed by atoms with Crippen molar-refractivity contribution in [1.82, 2.24) is 0 Å². The van der Waals surface area contributed by atoms with Crippen molar-refractivity contribution in [2.45, 2.75) is 70.6 Å². The molecule has 0 saturated heterocycles. The van der Waals surface area contributed by atoms with Gasteiger partial charge in [0, 0.05) is 0 Å². The minimum Gasteiger partial charge on any atom is -0.481 e. The Morgan fingerprint density at radius 1 is 1.06 bits per heavy atom. The molecule has 2 aliphatic rings. The van der Waals surface area contributed by atoms with Crippen LogP contribution in [0.4, 0.5) is 0 Å². The van der Waals surface area contributed by atoms with Crippen LogP contribution >= 0.6 is 0 Å². The summed E-state index contributed by atoms with van der Waals surface area (Å²) in [5.74, 6) is 0.248. The molecule has 0 spiro atoms. The predicted molar refractivity (Wildman–Crippen MR) is 64.3 cm³/mol. The highest BCUT2D eigenvalue weighted by molar-refractivity contribution is 5.67. The summed E-state index contributed by atoms with van der Waals surface area (Å²) < 4.78 is 0. The maximum Gasteiger partial charge on any atom is 0.303 e. The zero-order valence-corrected chi connectivity index (χ0v) is 10.2. The topological polar surface area (TPSA) is 37.3 Å². The molecule has 16 heavy (non-hydrogen) atoms. The van der Waals surface area contributed by atoms with Crippen LogP contribution in [-0.4, -0.2) is 11.1 Å². The van der Waals surface area contributed by atoms with Crippen molar-refractivity contribution in [2.75, 3.05) is 0 Å². The van der Waals surface area contributed by atoms with Gasteiger partial charge >= 0.3 is 5.97 Å². The predicted octanol–water partition coefficient (Wildman–Crippen LogP) is 3.99. The van der Waals surface area contributed by atoms with E-state index >= 15 is 0 Å². The first-order valence-corrected chi connectivity index (χ1v) is 6.92. The number of carboxylic acid groups (broad SMARTS) is 1. The standard InChI is InChI=1S/C14H24O2/c15-13(16)11-14(8-4-1-5-9-14)10-12-6-2-3-7-12/h12H,1-11H2,(H,15,16). The molecule has 0 radical (unpaired) electrons. The molecule has 0 aromatic rings. The van der Waals surface area contributed by atoms with Crippen molar-refractivity contribution in [2.24, 2.45) is 11.3 Å². The van der Waals surface area contributed by atoms with Gasteiger partial charge in [-0.15, -0.1) is 0 Å². The van der Waals surface area contributed by atoms with E-state index in [0.717, 1.165) is 18.8 Å². The van der Waals surface area contributed by atoms with Crippen LogP contribution in [0.5, 0.6) is 0 Å². The Balaban J connectivity index is 1.97. The Hall–Kier alpha value is -0.530. The smallest absolute Gasteiger partial charge is 0.303 e. The van der Waals surface area contributed by atoms with Gasteiger partial charge in [-0.25, -0.2) is 0 Å². The highest BCUT2D eigenvalue weighted by Gasteiger charge is 2.36. The lowest BCUT2D eigenvalue weighted by atomic mass is 9.67. The molecule has 0 unspecified atom stereocenters. The van der Waals surface area contributed by atoms with Crippen LogP contribution in [0.3, 0.4) is 0 Å². The first-order chi connectivity index (χ1) is 7.70. The van der Waals surface area contributed by atoms with Crippen LogP contribution < -0.4 is 0 Å². The Bertz CT molecular complexity index is 235. The van der Waals surface area contributed by atoms with E-state index in [9.17, 15) is 4.79 Å². The van der Waals surface area contributed by atoms with Gasteiger partial charge < -0.3 is 5.11 Å². The number of aliphatic carboxylic acids is 1. The third kappa shape index (κ3) is 2.99. The van der Waals surface area contributed by atoms with Gasteiger partial charge in [0.1, 0.15) is 0 Å². The highest BCUT2D eigenvalue weighted by Crippen LogP contribution is 2.47. The zero-order chi connectivity index (χ0) is 11.4. The number of hydrogen-bond acceptors (Lipinski definition) is 1. The van der Waals surface area contributed by atoms with Crippen LogP contribution in [0.2, 0.25) is 0 Å². The lowest BCUT2D eigenvalue weighted by Gasteiger charge is -2.38. The molecule has 0 amide bonds. The maximum atomic E-state index is 11.0. The van der Waals surface area contributed by atoms with E-state index in [-0.39, 0.29) is 5.41 Å². The van der Waals surface area contributed by atoms with Crippen LogP contribution in [0.1, 0.15) is 70.6 Å². The van der Waals surface area contributed by atoms with Crippen LogP contribution in [0, 0.1) is 11.3 Å². The van der Waals surface area contributed by atoms with Gasteiger partial charge in [-0.3, -0.25) is 4.79 Å². The SMILES string of the molecule is O=C(O)CC1(CC2CCCC2)CCCCC1. The summed E-state index contributed by atoms with van der Waals surface area (Å²) in [5, 5.41) is 9.10. The summed E-state index contributed by atoms with van der Waals surface area (Å²) in [6.07, 6.45) is 13.2. The lowest BCUT2D eigenvalue weighted by Crippen LogP contribution is -2.29. The minimum absolute atomic E-state index is 0.166. The second-order valence-corrected chi connectivity index (χ2v) is 5.99. The molecule has 92 valence electrons. The fourth-order valence-corrected chi connectivity index (χ4v) is 3.90. The first-order valence-electron chi connectivity index (χ1n) is 6.92. The molecular formula is C14H24O2. The zero-order valence-electron chi connectivity index (χ0n) is 10.2. The van der Waals surface area contributed by atoms with E-state index < -0.39 is 5.97 Å². The molecule has 2 rings (SSSR count). The largest absolute Gasteiger partial charge is 0.481 e. The summed E-state index contributed by atoms with van der Waals surface area (Å²) in [5.41, 5.74) is 0.166. The molecule has 0 aliphatic heterocycles. The van der Waals surface area contributed by atoms with E-state index in [4.69, 9.17) is 5.11 Å². The average molecular weight is 224 g/mol. The Kier molecular flexibility index (Phi) is 3.88. The molecular weight excluding hydrogens is 200 g/mol. The van der Waals surface area contributed by atoms with Crippen LogP contribution in [-0.2, 0) is 4.79 Å². The van der Waals surface area contributed by atoms with E-state index in [0.29, 0.717) is 6.42 Å². The fourth-order valence-electron chi connectivity index (χ4n) is 3.90. The number of carbonyl (C=O) groups is 1. The van der Waals surface area contributed by atoms with Gasteiger partial charge in [-0.2, -0.15) is 0 Å². The van der Waals surface area contributed by atoms with Crippen molar-refractivity contribution in [1.29, 1.82) is 0 Å². The van der Waals surface area contributed by atoms with E-state index in [1.54, 1.807) is 0 Å². The third-order valence-electron chi connectivity index (χ3n) is 4.64. The lowest BCUT2D eigenvalue weighted by molar-refractivity contribution is -0.140. The van der Waals surface area contributed by atoms with E-state index in [1.165, 1.54) is 51.4 Å². The molecule has 1 N–H and O–H groups in total. The van der Waals surface area contributed by atoms with Crippen LogP contribution in [0.25, 0.3) is 0 Å². The van der Waals surface area contributed by atoms with Crippen molar-refractivity contribution >= 4 is 5.97 Å². The number of carboxylic acids is 1. The van der Waals surface area contributed by atoms with Gasteiger partial charge in [-0.1, -0.05) is 44.9 Å². The maximum absolute atomic E-state index is 11.0. The van der Waals surface area contributed by atoms with Gasteiger partial charge in [0.05, 0.1) is 6.42 Å². The molecule has 2 fully saturated rings. The molecule has 0 aromatic heterocycles. The van der Waals surface area contributed by atoms with E-state index in [1.807, 2.05) is 0 Å². The molecule has 0 aromatic carbocycles. The quantitative estimate of drug-likeness (QED) is 0.784. The van der Waals surface area contributed by atoms with Crippen molar-refractivity contribution in [3.05, 3.63) is 0 Å². The fraction of sp³-hybridized carbons (Fsp3) is 0.929. The molecule has 2 aliphatic carbocycles. The van der Waals surface area contributed by atoms with Crippen molar-refractivity contribution in [3.8, 4) is 0 Å². The van der Waals surface area contributed by atoms with Crippen LogP contribution in [0.15, 0.2) is 0 Å². The van der Waals surface area contributed by atoms with Gasteiger partial charge in [-0.05, 0) is 30.6 Å². The molecule has 2 heteroatoms. The summed E-state index contributed by atoms with van der Waals surface area (Å²) in [4.78, 5) is 11.0. The molecule has 2 nitrogen and oxygen atoms in total. The number of rotatable bonds is 4. The van der Waals surface area contributed by atoms with Gasteiger partial charge in [0.15, 0.2) is 0 Å². The minimum atomic E-state index is -0.583. The Morgan fingerprint density at radius 3 is 2.25 bits per heavy atom. The van der Waals surface area contributed by atoms with Gasteiger partial charge in [0.2, 0.25) is 0 Å². The monoisotopic (exact) mass is 224 g/mol. The van der Waals surface area contributed by atoms with E-state index in [2.05, 4.69) is 0 Å². The third-order valence-corrected chi connectivity index (χ3v) is 4.64. The highest BCUT2D eigenvalue weighted by atomic mass is 16.4. The summed E-state index contributed by atoms with van der Waals surface area (Å²) in [7, 11) is 0. The summed E-state index contributed by atoms with van der Waals surface area (Å²) in [6, 6.07) is 0. The summed E-state index contributed by atoms with van der Waals surface area (Å²) >= 11 is 0. The Morgan fingerprint density at radius 2 is 1.69 bits per heavy atom.